The molecule has 1 spiro atoms. The minimum atomic E-state index is -4.33. The van der Waals surface area contributed by atoms with E-state index in [-0.39, 0.29) is 11.3 Å². The molecule has 2 fully saturated rings. The number of hydrogen-bond donors (Lipinski definition) is 2. The molecule has 0 radical (unpaired) electrons. The summed E-state index contributed by atoms with van der Waals surface area (Å²) in [4.78, 5) is 34.5. The number of likely N-dealkylation sites (tertiary alicyclic amines) is 2. The molecule has 6 rings (SSSR count). The Kier molecular flexibility index (Phi) is 8.36. The number of aromatic amines is 2. The van der Waals surface area contributed by atoms with E-state index >= 15 is 0 Å². The number of nitrogens with one attached hydrogen (secondary N) is 2. The van der Waals surface area contributed by atoms with Crippen LogP contribution in [-0.4, -0.2) is 66.7 Å². The molecule has 2 aliphatic heterocycles. The summed E-state index contributed by atoms with van der Waals surface area (Å²) in [5.74, 6) is 1.32. The fourth-order valence-corrected chi connectivity index (χ4v) is 6.46. The Hall–Kier alpha value is -3.96. The second-order valence-corrected chi connectivity index (χ2v) is 11.8. The molecule has 8 nitrogen and oxygen atoms in total. The number of halogens is 3. The number of amides is 1. The van der Waals surface area contributed by atoms with E-state index in [4.69, 9.17) is 0 Å². The summed E-state index contributed by atoms with van der Waals surface area (Å²) >= 11 is 0. The average molecular weight is 592 g/mol. The van der Waals surface area contributed by atoms with Crippen LogP contribution < -0.4 is 0 Å². The number of benzene rings is 2. The van der Waals surface area contributed by atoms with Crippen molar-refractivity contribution >= 4 is 5.91 Å². The Balaban J connectivity index is 1.03. The van der Waals surface area contributed by atoms with E-state index in [1.54, 1.807) is 41.8 Å². The lowest BCUT2D eigenvalue weighted by atomic mass is 9.77. The fraction of sp³-hybridized carbons (Fsp3) is 0.406. The minimum Gasteiger partial charge on any atom is -0.347 e. The van der Waals surface area contributed by atoms with Gasteiger partial charge in [0.15, 0.2) is 0 Å². The van der Waals surface area contributed by atoms with Crippen LogP contribution in [0.25, 0.3) is 0 Å². The van der Waals surface area contributed by atoms with E-state index in [0.717, 1.165) is 57.5 Å². The largest absolute Gasteiger partial charge is 0.416 e. The molecule has 2 saturated heterocycles. The molecular weight excluding hydrogens is 555 g/mol. The first-order chi connectivity index (χ1) is 20.8. The monoisotopic (exact) mass is 591 g/mol. The molecular formula is C32H36F3N7O. The second-order valence-electron chi connectivity index (χ2n) is 11.8. The Morgan fingerprint density at radius 1 is 0.837 bits per heavy atom. The van der Waals surface area contributed by atoms with E-state index in [2.05, 4.69) is 29.7 Å². The Bertz CT molecular complexity index is 1440. The van der Waals surface area contributed by atoms with Crippen molar-refractivity contribution < 1.29 is 18.0 Å². The lowest BCUT2D eigenvalue weighted by molar-refractivity contribution is -0.138. The Morgan fingerprint density at radius 2 is 1.44 bits per heavy atom. The molecule has 226 valence electrons. The first-order valence-corrected chi connectivity index (χ1v) is 14.7. The maximum absolute atomic E-state index is 13.5. The Morgan fingerprint density at radius 3 is 2.02 bits per heavy atom. The van der Waals surface area contributed by atoms with Gasteiger partial charge in [0.2, 0.25) is 0 Å². The van der Waals surface area contributed by atoms with Crippen LogP contribution in [0.3, 0.4) is 0 Å². The third kappa shape index (κ3) is 7.00. The number of nitrogens with zero attached hydrogens (tertiary/aromatic N) is 5. The zero-order chi connectivity index (χ0) is 29.9. The zero-order valence-corrected chi connectivity index (χ0v) is 24.0. The quantitative estimate of drug-likeness (QED) is 0.269. The van der Waals surface area contributed by atoms with Gasteiger partial charge in [-0.1, -0.05) is 30.3 Å². The molecule has 0 atom stereocenters. The third-order valence-corrected chi connectivity index (χ3v) is 8.84. The van der Waals surface area contributed by atoms with Crippen LogP contribution in [0, 0.1) is 5.41 Å². The van der Waals surface area contributed by atoms with Crippen molar-refractivity contribution in [2.45, 2.75) is 51.6 Å². The van der Waals surface area contributed by atoms with Gasteiger partial charge in [0.05, 0.1) is 18.7 Å². The normalized spacial score (nSPS) is 17.5. The van der Waals surface area contributed by atoms with Gasteiger partial charge < -0.3 is 14.9 Å². The number of alkyl halides is 3. The third-order valence-electron chi connectivity index (χ3n) is 8.84. The van der Waals surface area contributed by atoms with E-state index in [9.17, 15) is 18.0 Å². The number of aromatic nitrogens is 4. The predicted molar refractivity (Wildman–Crippen MR) is 155 cm³/mol. The van der Waals surface area contributed by atoms with Crippen molar-refractivity contribution in [3.63, 3.8) is 0 Å². The molecule has 4 aromatic rings. The highest BCUT2D eigenvalue weighted by Crippen LogP contribution is 2.41. The average Bonchev–Trinajstić information content (AvgIpc) is 3.78. The number of rotatable bonds is 9. The molecule has 4 heterocycles. The number of hydrogen-bond acceptors (Lipinski definition) is 5. The van der Waals surface area contributed by atoms with Gasteiger partial charge in [-0.2, -0.15) is 13.2 Å². The van der Waals surface area contributed by atoms with Gasteiger partial charge in [0, 0.05) is 50.0 Å². The molecule has 2 N–H and O–H groups in total. The Labute approximate surface area is 248 Å². The molecule has 2 aliphatic rings. The van der Waals surface area contributed by atoms with Gasteiger partial charge in [0.1, 0.15) is 11.6 Å². The standard InChI is InChI=1S/C32H36F3N7O/c33-32(34,35)27-4-2-1-3-26(27)20-40-16-9-31(10-17-40)11-18-41(23-31)19-24-5-7-25(8-6-24)30(43)42(21-28-36-12-13-37-28)22-29-38-14-15-39-29/h1-8,12-15H,9-11,16-23H2,(H,36,37)(H,38,39). The fourth-order valence-electron chi connectivity index (χ4n) is 6.46. The molecule has 0 aliphatic carbocycles. The minimum absolute atomic E-state index is 0.0934. The first-order valence-electron chi connectivity index (χ1n) is 14.7. The first kappa shape index (κ1) is 29.1. The van der Waals surface area contributed by atoms with Crippen LogP contribution in [0.1, 0.15) is 58.0 Å². The topological polar surface area (TPSA) is 84.2 Å². The predicted octanol–water partition coefficient (Wildman–Crippen LogP) is 5.48. The maximum atomic E-state index is 13.5. The van der Waals surface area contributed by atoms with Crippen molar-refractivity contribution in [1.82, 2.24) is 34.6 Å². The zero-order valence-electron chi connectivity index (χ0n) is 24.0. The highest BCUT2D eigenvalue weighted by molar-refractivity contribution is 5.94. The van der Waals surface area contributed by atoms with E-state index in [1.165, 1.54) is 12.1 Å². The lowest BCUT2D eigenvalue weighted by Crippen LogP contribution is -2.41. The van der Waals surface area contributed by atoms with E-state index in [0.29, 0.717) is 42.4 Å². The van der Waals surface area contributed by atoms with Gasteiger partial charge in [-0.3, -0.25) is 14.6 Å². The van der Waals surface area contributed by atoms with Crippen molar-refractivity contribution in [3.05, 3.63) is 107 Å². The van der Waals surface area contributed by atoms with Crippen LogP contribution in [0.2, 0.25) is 0 Å². The number of piperidine rings is 1. The maximum Gasteiger partial charge on any atom is 0.416 e. The molecule has 2 aromatic heterocycles. The molecule has 11 heteroatoms. The summed E-state index contributed by atoms with van der Waals surface area (Å²) in [6.45, 7) is 5.43. The van der Waals surface area contributed by atoms with Crippen LogP contribution in [0.5, 0.6) is 0 Å². The van der Waals surface area contributed by atoms with Gasteiger partial charge in [-0.15, -0.1) is 0 Å². The number of imidazole rings is 2. The second kappa shape index (κ2) is 12.3. The van der Waals surface area contributed by atoms with Crippen LogP contribution in [0.15, 0.2) is 73.3 Å². The van der Waals surface area contributed by atoms with Crippen LogP contribution in [-0.2, 0) is 32.4 Å². The van der Waals surface area contributed by atoms with Crippen LogP contribution in [0.4, 0.5) is 13.2 Å². The molecule has 1 amide bonds. The van der Waals surface area contributed by atoms with E-state index < -0.39 is 11.7 Å². The van der Waals surface area contributed by atoms with Gasteiger partial charge in [-0.25, -0.2) is 9.97 Å². The molecule has 0 unspecified atom stereocenters. The summed E-state index contributed by atoms with van der Waals surface area (Å²) in [6, 6.07) is 13.7. The van der Waals surface area contributed by atoms with Gasteiger partial charge >= 0.3 is 6.18 Å². The summed E-state index contributed by atoms with van der Waals surface area (Å²) in [7, 11) is 0. The smallest absolute Gasteiger partial charge is 0.347 e. The molecule has 43 heavy (non-hydrogen) atoms. The number of carbonyl (C=O) groups is 1. The highest BCUT2D eigenvalue weighted by atomic mass is 19.4. The SMILES string of the molecule is O=C(c1ccc(CN2CCC3(CCN(Cc4ccccc4C(F)(F)F)CC3)C2)cc1)N(Cc1ncc[nH]1)Cc1ncc[nH]1. The highest BCUT2D eigenvalue weighted by Gasteiger charge is 2.41. The number of carbonyl (C=O) groups excluding carboxylic acids is 1. The summed E-state index contributed by atoms with van der Waals surface area (Å²) in [6.07, 6.45) is 5.58. The number of H-pyrrole nitrogens is 2. The van der Waals surface area contributed by atoms with Crippen molar-refractivity contribution in [2.75, 3.05) is 26.2 Å². The van der Waals surface area contributed by atoms with Gasteiger partial charge in [0.25, 0.3) is 5.91 Å². The van der Waals surface area contributed by atoms with Crippen molar-refractivity contribution in [2.24, 2.45) is 5.41 Å². The lowest BCUT2D eigenvalue weighted by Gasteiger charge is -2.39. The van der Waals surface area contributed by atoms with Gasteiger partial charge in [-0.05, 0) is 73.6 Å². The molecule has 2 aromatic carbocycles. The summed E-state index contributed by atoms with van der Waals surface area (Å²) < 4.78 is 40.4. The molecule has 0 bridgehead atoms. The summed E-state index contributed by atoms with van der Waals surface area (Å²) in [5.41, 5.74) is 1.80. The van der Waals surface area contributed by atoms with Crippen LogP contribution >= 0.6 is 0 Å². The van der Waals surface area contributed by atoms with Crippen molar-refractivity contribution in [1.29, 1.82) is 0 Å². The molecule has 0 saturated carbocycles. The summed E-state index contributed by atoms with van der Waals surface area (Å²) in [5, 5.41) is 0. The van der Waals surface area contributed by atoms with E-state index in [1.807, 2.05) is 24.3 Å². The van der Waals surface area contributed by atoms with Crippen molar-refractivity contribution in [3.8, 4) is 0 Å².